The molecule has 9 heteroatoms. The summed E-state index contributed by atoms with van der Waals surface area (Å²) >= 11 is 1.69. The van der Waals surface area contributed by atoms with E-state index in [4.69, 9.17) is 4.74 Å². The Bertz CT molecular complexity index is 1070. The average Bonchev–Trinajstić information content (AvgIpc) is 3.43. The minimum absolute atomic E-state index is 0. The van der Waals surface area contributed by atoms with Crippen molar-refractivity contribution in [3.05, 3.63) is 53.2 Å². The number of carbonyl (C=O) groups is 1. The molecule has 0 spiro atoms. The molecule has 0 aliphatic heterocycles. The summed E-state index contributed by atoms with van der Waals surface area (Å²) in [7, 11) is 0. The van der Waals surface area contributed by atoms with E-state index in [1.54, 1.807) is 35.3 Å². The van der Waals surface area contributed by atoms with Gasteiger partial charge in [-0.1, -0.05) is 7.43 Å². The zero-order chi connectivity index (χ0) is 19.3. The number of rotatable bonds is 8. The quantitative estimate of drug-likeness (QED) is 0.439. The van der Waals surface area contributed by atoms with Gasteiger partial charge in [-0.2, -0.15) is 21.4 Å². The van der Waals surface area contributed by atoms with E-state index in [-0.39, 0.29) is 19.8 Å². The fraction of sp³-hybridized carbons (Fsp3) is 0.300. The van der Waals surface area contributed by atoms with Crippen molar-refractivity contribution in [2.75, 3.05) is 11.9 Å². The third-order valence-corrected chi connectivity index (χ3v) is 4.91. The normalized spacial score (nSPS) is 10.7. The van der Waals surface area contributed by atoms with E-state index in [1.807, 2.05) is 18.5 Å². The van der Waals surface area contributed by atoms with E-state index in [9.17, 15) is 4.79 Å². The first kappa shape index (κ1) is 20.5. The molecule has 152 valence electrons. The fourth-order valence-corrected chi connectivity index (χ4v) is 3.52. The number of carbonyl (C=O) groups excluding carboxylic acids is 1. The van der Waals surface area contributed by atoms with Crippen molar-refractivity contribution in [1.29, 1.82) is 0 Å². The second-order valence-corrected chi connectivity index (χ2v) is 7.00. The molecule has 29 heavy (non-hydrogen) atoms. The predicted molar refractivity (Wildman–Crippen MR) is 114 cm³/mol. The lowest BCUT2D eigenvalue weighted by molar-refractivity contribution is -0.143. The first-order valence-corrected chi connectivity index (χ1v) is 9.93. The van der Waals surface area contributed by atoms with Crippen molar-refractivity contribution in [1.82, 2.24) is 24.3 Å². The summed E-state index contributed by atoms with van der Waals surface area (Å²) in [4.78, 5) is 20.5. The second kappa shape index (κ2) is 9.33. The van der Waals surface area contributed by atoms with E-state index >= 15 is 0 Å². The standard InChI is InChI=1S/C19H20N6O2S.CH4/c1-2-27-17(26)4-7-25-12-16(10-21-25)22-19-20-9-15-3-6-24(18(15)23-19)11-14-5-8-28-13-14;/h3,5-6,8-10,12-13H,2,4,7,11H2,1H3,(H,20,22,23);1H4. The van der Waals surface area contributed by atoms with Crippen LogP contribution in [0.25, 0.3) is 11.0 Å². The molecule has 0 saturated heterocycles. The third-order valence-electron chi connectivity index (χ3n) is 4.17. The summed E-state index contributed by atoms with van der Waals surface area (Å²) in [6.45, 7) is 3.42. The Morgan fingerprint density at radius 3 is 3.00 bits per heavy atom. The first-order valence-electron chi connectivity index (χ1n) is 8.99. The number of hydrogen-bond donors (Lipinski definition) is 1. The molecular weight excluding hydrogens is 388 g/mol. The molecule has 0 bridgehead atoms. The van der Waals surface area contributed by atoms with Crippen molar-refractivity contribution in [3.8, 4) is 0 Å². The molecule has 0 aliphatic rings. The maximum atomic E-state index is 11.5. The summed E-state index contributed by atoms with van der Waals surface area (Å²) in [6.07, 6.45) is 7.61. The molecular formula is C20H24N6O2S. The monoisotopic (exact) mass is 412 g/mol. The highest BCUT2D eigenvalue weighted by Crippen LogP contribution is 2.19. The lowest BCUT2D eigenvalue weighted by Gasteiger charge is -2.05. The molecule has 0 aliphatic carbocycles. The number of hydrogen-bond acceptors (Lipinski definition) is 7. The largest absolute Gasteiger partial charge is 0.466 e. The zero-order valence-electron chi connectivity index (χ0n) is 15.4. The van der Waals surface area contributed by atoms with Crippen molar-refractivity contribution in [2.45, 2.75) is 33.9 Å². The molecule has 4 aromatic rings. The van der Waals surface area contributed by atoms with Gasteiger partial charge in [-0.15, -0.1) is 0 Å². The van der Waals surface area contributed by atoms with E-state index < -0.39 is 0 Å². The van der Waals surface area contributed by atoms with Crippen LogP contribution >= 0.6 is 11.3 Å². The van der Waals surface area contributed by atoms with Gasteiger partial charge < -0.3 is 14.6 Å². The van der Waals surface area contributed by atoms with Gasteiger partial charge in [0, 0.05) is 30.5 Å². The van der Waals surface area contributed by atoms with Crippen LogP contribution in [0.4, 0.5) is 11.6 Å². The number of nitrogens with zero attached hydrogens (tertiary/aromatic N) is 5. The Kier molecular flexibility index (Phi) is 6.61. The highest BCUT2D eigenvalue weighted by molar-refractivity contribution is 7.07. The number of aryl methyl sites for hydroxylation is 1. The van der Waals surface area contributed by atoms with E-state index in [0.29, 0.717) is 19.1 Å². The van der Waals surface area contributed by atoms with Gasteiger partial charge in [0.1, 0.15) is 5.65 Å². The second-order valence-electron chi connectivity index (χ2n) is 6.22. The minimum atomic E-state index is -0.229. The summed E-state index contributed by atoms with van der Waals surface area (Å²) in [5.74, 6) is 0.274. The zero-order valence-corrected chi connectivity index (χ0v) is 16.2. The average molecular weight is 413 g/mol. The maximum absolute atomic E-state index is 11.5. The molecule has 4 aromatic heterocycles. The van der Waals surface area contributed by atoms with Crippen molar-refractivity contribution in [2.24, 2.45) is 0 Å². The Hall–Kier alpha value is -3.20. The predicted octanol–water partition coefficient (Wildman–Crippen LogP) is 4.07. The van der Waals surface area contributed by atoms with Gasteiger partial charge in [-0.25, -0.2) is 4.98 Å². The van der Waals surface area contributed by atoms with Crippen LogP contribution < -0.4 is 5.32 Å². The molecule has 8 nitrogen and oxygen atoms in total. The Morgan fingerprint density at radius 2 is 2.21 bits per heavy atom. The molecule has 0 radical (unpaired) electrons. The Labute approximate surface area is 173 Å². The maximum Gasteiger partial charge on any atom is 0.307 e. The van der Waals surface area contributed by atoms with Crippen LogP contribution in [0.1, 0.15) is 26.3 Å². The fourth-order valence-electron chi connectivity index (χ4n) is 2.86. The number of thiophene rings is 1. The van der Waals surface area contributed by atoms with Gasteiger partial charge in [0.15, 0.2) is 0 Å². The van der Waals surface area contributed by atoms with Crippen LogP contribution in [0.3, 0.4) is 0 Å². The smallest absolute Gasteiger partial charge is 0.307 e. The topological polar surface area (TPSA) is 86.9 Å². The number of anilines is 2. The van der Waals surface area contributed by atoms with E-state index in [0.717, 1.165) is 23.3 Å². The van der Waals surface area contributed by atoms with Crippen molar-refractivity contribution in [3.63, 3.8) is 0 Å². The molecule has 0 fully saturated rings. The summed E-state index contributed by atoms with van der Waals surface area (Å²) in [5, 5.41) is 12.6. The van der Waals surface area contributed by atoms with Gasteiger partial charge in [0.2, 0.25) is 5.95 Å². The highest BCUT2D eigenvalue weighted by atomic mass is 32.1. The third kappa shape index (κ3) is 5.00. The van der Waals surface area contributed by atoms with Crippen LogP contribution in [0, 0.1) is 0 Å². The molecule has 0 unspecified atom stereocenters. The molecule has 0 aromatic carbocycles. The van der Waals surface area contributed by atoms with Gasteiger partial charge in [-0.3, -0.25) is 9.48 Å². The van der Waals surface area contributed by atoms with Gasteiger partial charge in [-0.05, 0) is 35.4 Å². The van der Waals surface area contributed by atoms with E-state index in [1.165, 1.54) is 5.56 Å². The SMILES string of the molecule is C.CCOC(=O)CCn1cc(Nc2ncc3ccn(Cc4ccsc4)c3n2)cn1. The molecule has 4 heterocycles. The van der Waals surface area contributed by atoms with Crippen LogP contribution in [0.2, 0.25) is 0 Å². The summed E-state index contributed by atoms with van der Waals surface area (Å²) in [5.41, 5.74) is 2.89. The summed E-state index contributed by atoms with van der Waals surface area (Å²) < 4.78 is 8.73. The minimum Gasteiger partial charge on any atom is -0.466 e. The van der Waals surface area contributed by atoms with Crippen molar-refractivity contribution < 1.29 is 9.53 Å². The van der Waals surface area contributed by atoms with Crippen LogP contribution in [0.15, 0.2) is 47.7 Å². The first-order chi connectivity index (χ1) is 13.7. The Balaban J connectivity index is 0.00000240. The Morgan fingerprint density at radius 1 is 1.31 bits per heavy atom. The van der Waals surface area contributed by atoms with Crippen molar-refractivity contribution >= 4 is 40.0 Å². The lowest BCUT2D eigenvalue weighted by Crippen LogP contribution is -2.09. The lowest BCUT2D eigenvalue weighted by atomic mass is 10.3. The molecule has 0 saturated carbocycles. The number of aromatic nitrogens is 5. The van der Waals surface area contributed by atoms with Gasteiger partial charge in [0.05, 0.1) is 31.5 Å². The van der Waals surface area contributed by atoms with Crippen LogP contribution in [0.5, 0.6) is 0 Å². The van der Waals surface area contributed by atoms with Crippen LogP contribution in [-0.4, -0.2) is 36.9 Å². The summed E-state index contributed by atoms with van der Waals surface area (Å²) in [6, 6.07) is 4.13. The molecule has 0 amide bonds. The number of esters is 1. The van der Waals surface area contributed by atoms with Gasteiger partial charge in [0.25, 0.3) is 0 Å². The molecule has 1 N–H and O–H groups in total. The van der Waals surface area contributed by atoms with Gasteiger partial charge >= 0.3 is 5.97 Å². The number of nitrogens with one attached hydrogen (secondary N) is 1. The molecule has 0 atom stereocenters. The number of ether oxygens (including phenoxy) is 1. The van der Waals surface area contributed by atoms with Crippen LogP contribution in [-0.2, 0) is 22.6 Å². The molecule has 4 rings (SSSR count). The van der Waals surface area contributed by atoms with E-state index in [2.05, 4.69) is 41.8 Å². The highest BCUT2D eigenvalue weighted by Gasteiger charge is 2.08. The number of fused-ring (bicyclic) bond motifs is 1.